The maximum absolute atomic E-state index is 11.0. The van der Waals surface area contributed by atoms with E-state index in [1.807, 2.05) is 5.32 Å². The van der Waals surface area contributed by atoms with Gasteiger partial charge < -0.3 is 20.3 Å². The van der Waals surface area contributed by atoms with Crippen LogP contribution in [-0.2, 0) is 9.53 Å². The average molecular weight is 204 g/mol. The third-order valence-corrected chi connectivity index (χ3v) is 1.22. The van der Waals surface area contributed by atoms with Crippen LogP contribution < -0.4 is 5.32 Å². The van der Waals surface area contributed by atoms with E-state index in [4.69, 9.17) is 10.2 Å². The van der Waals surface area contributed by atoms with Crippen molar-refractivity contribution in [3.05, 3.63) is 12.7 Å². The average Bonchev–Trinajstić information content (AvgIpc) is 2.18. The molecule has 0 unspecified atom stereocenters. The fourth-order valence-electron chi connectivity index (χ4n) is 0.544. The van der Waals surface area contributed by atoms with Crippen molar-refractivity contribution in [3.63, 3.8) is 0 Å². The van der Waals surface area contributed by atoms with Crippen LogP contribution in [0.5, 0.6) is 0 Å². The zero-order valence-corrected chi connectivity index (χ0v) is 7.47. The Hall–Kier alpha value is -1.60. The first kappa shape index (κ1) is 12.4. The molecule has 0 spiro atoms. The molecule has 7 nitrogen and oxygen atoms in total. The Morgan fingerprint density at radius 2 is 2.14 bits per heavy atom. The topological polar surface area (TPSA) is 99.1 Å². The molecular weight excluding hydrogens is 192 g/mol. The van der Waals surface area contributed by atoms with E-state index in [2.05, 4.69) is 11.3 Å². The summed E-state index contributed by atoms with van der Waals surface area (Å²) >= 11 is 0. The molecule has 0 aromatic carbocycles. The molecule has 14 heavy (non-hydrogen) atoms. The molecule has 0 saturated heterocycles. The Morgan fingerprint density at radius 1 is 1.50 bits per heavy atom. The molecule has 0 aliphatic heterocycles. The fourth-order valence-corrected chi connectivity index (χ4v) is 0.544. The zero-order valence-electron chi connectivity index (χ0n) is 7.47. The van der Waals surface area contributed by atoms with E-state index in [-0.39, 0.29) is 0 Å². The van der Waals surface area contributed by atoms with Crippen LogP contribution in [0.3, 0.4) is 0 Å². The number of nitrogens with one attached hydrogen (secondary N) is 1. The normalized spacial score (nSPS) is 9.00. The van der Waals surface area contributed by atoms with E-state index >= 15 is 0 Å². The Kier molecular flexibility index (Phi) is 6.08. The van der Waals surface area contributed by atoms with E-state index in [0.717, 1.165) is 11.0 Å². The summed E-state index contributed by atoms with van der Waals surface area (Å²) in [6, 6.07) is -0.744. The van der Waals surface area contributed by atoms with Crippen molar-refractivity contribution in [3.8, 4) is 0 Å². The molecule has 0 radical (unpaired) electrons. The largest absolute Gasteiger partial charge is 0.441 e. The summed E-state index contributed by atoms with van der Waals surface area (Å²) in [6.45, 7) is 1.55. The molecular formula is C7H12N2O5. The number of carbonyl (C=O) groups excluding carboxylic acids is 2. The second kappa shape index (κ2) is 6.87. The summed E-state index contributed by atoms with van der Waals surface area (Å²) in [5, 5.41) is 19.0. The van der Waals surface area contributed by atoms with Crippen LogP contribution in [0.4, 0.5) is 4.79 Å². The van der Waals surface area contributed by atoms with Gasteiger partial charge in [0.25, 0.3) is 0 Å². The summed E-state index contributed by atoms with van der Waals surface area (Å²) in [5.41, 5.74) is 0. The molecule has 0 bridgehead atoms. The minimum Gasteiger partial charge on any atom is -0.441 e. The minimum atomic E-state index is -0.744. The molecule has 0 rings (SSSR count). The minimum absolute atomic E-state index is 0.410. The quantitative estimate of drug-likeness (QED) is 0.290. The van der Waals surface area contributed by atoms with Gasteiger partial charge in [-0.2, -0.15) is 0 Å². The number of esters is 1. The van der Waals surface area contributed by atoms with Crippen molar-refractivity contribution in [2.75, 3.05) is 20.2 Å². The second-order valence-corrected chi connectivity index (χ2v) is 2.12. The van der Waals surface area contributed by atoms with E-state index < -0.39 is 32.2 Å². The molecule has 0 atom stereocenters. The molecule has 3 N–H and O–H groups in total. The highest BCUT2D eigenvalue weighted by atomic mass is 16.5. The summed E-state index contributed by atoms with van der Waals surface area (Å²) in [6.07, 6.45) is 0.930. The van der Waals surface area contributed by atoms with Crippen LogP contribution in [0.15, 0.2) is 12.7 Å². The summed E-state index contributed by atoms with van der Waals surface area (Å²) in [7, 11) is 0. The summed E-state index contributed by atoms with van der Waals surface area (Å²) in [5.74, 6) is -0.708. The van der Waals surface area contributed by atoms with Gasteiger partial charge in [-0.05, 0) is 0 Å². The van der Waals surface area contributed by atoms with Gasteiger partial charge in [-0.3, -0.25) is 4.90 Å². The second-order valence-electron chi connectivity index (χ2n) is 2.12. The molecule has 0 aliphatic carbocycles. The van der Waals surface area contributed by atoms with Crippen molar-refractivity contribution in [1.29, 1.82) is 0 Å². The highest BCUT2D eigenvalue weighted by Crippen LogP contribution is 1.89. The Morgan fingerprint density at radius 3 is 2.57 bits per heavy atom. The maximum atomic E-state index is 11.0. The fraction of sp³-hybridized carbons (Fsp3) is 0.429. The van der Waals surface area contributed by atoms with Gasteiger partial charge in [0.1, 0.15) is 13.5 Å². The number of aliphatic hydroxyl groups is 2. The van der Waals surface area contributed by atoms with Gasteiger partial charge in [-0.25, -0.2) is 9.59 Å². The van der Waals surface area contributed by atoms with Gasteiger partial charge >= 0.3 is 12.0 Å². The van der Waals surface area contributed by atoms with Gasteiger partial charge in [-0.15, -0.1) is 0 Å². The number of aliphatic hydroxyl groups excluding tert-OH is 2. The van der Waals surface area contributed by atoms with Crippen LogP contribution in [0.2, 0.25) is 0 Å². The van der Waals surface area contributed by atoms with Crippen LogP contribution >= 0.6 is 0 Å². The zero-order chi connectivity index (χ0) is 11.0. The molecule has 80 valence electrons. The Bertz CT molecular complexity index is 218. The van der Waals surface area contributed by atoms with Crippen molar-refractivity contribution >= 4 is 12.0 Å². The highest BCUT2D eigenvalue weighted by Gasteiger charge is 2.12. The molecule has 0 fully saturated rings. The number of amides is 2. The monoisotopic (exact) mass is 204 g/mol. The molecule has 0 aliphatic rings. The van der Waals surface area contributed by atoms with Crippen LogP contribution in [0.25, 0.3) is 0 Å². The lowest BCUT2D eigenvalue weighted by atomic mass is 10.6. The van der Waals surface area contributed by atoms with E-state index in [9.17, 15) is 9.59 Å². The molecule has 0 saturated carbocycles. The number of hydrogen-bond acceptors (Lipinski definition) is 5. The number of ether oxygens (including phenoxy) is 1. The van der Waals surface area contributed by atoms with Crippen molar-refractivity contribution in [1.82, 2.24) is 10.2 Å². The summed E-state index contributed by atoms with van der Waals surface area (Å²) in [4.78, 5) is 22.3. The third kappa shape index (κ3) is 4.43. The molecule has 2 amide bonds. The molecule has 0 aromatic rings. The number of hydrogen-bond donors (Lipinski definition) is 3. The maximum Gasteiger partial charge on any atom is 0.331 e. The Labute approximate surface area is 80.6 Å². The Balaban J connectivity index is 3.95. The number of rotatable bonds is 5. The van der Waals surface area contributed by atoms with E-state index in [1.54, 1.807) is 0 Å². The van der Waals surface area contributed by atoms with Gasteiger partial charge in [0, 0.05) is 6.08 Å². The first-order valence-electron chi connectivity index (χ1n) is 3.69. The van der Waals surface area contributed by atoms with E-state index in [0.29, 0.717) is 0 Å². The highest BCUT2D eigenvalue weighted by molar-refractivity contribution is 5.81. The number of urea groups is 1. The van der Waals surface area contributed by atoms with Crippen LogP contribution in [-0.4, -0.2) is 47.3 Å². The van der Waals surface area contributed by atoms with Gasteiger partial charge in [0.05, 0.1) is 0 Å². The first-order chi connectivity index (χ1) is 6.65. The molecule has 0 aromatic heterocycles. The number of carbonyl (C=O) groups is 2. The third-order valence-electron chi connectivity index (χ3n) is 1.22. The first-order valence-corrected chi connectivity index (χ1v) is 3.69. The lowest BCUT2D eigenvalue weighted by Gasteiger charge is -2.18. The van der Waals surface area contributed by atoms with Crippen LogP contribution in [0.1, 0.15) is 0 Å². The van der Waals surface area contributed by atoms with Gasteiger partial charge in [0.15, 0.2) is 6.73 Å². The van der Waals surface area contributed by atoms with Gasteiger partial charge in [-0.1, -0.05) is 6.58 Å². The van der Waals surface area contributed by atoms with E-state index in [1.165, 1.54) is 0 Å². The lowest BCUT2D eigenvalue weighted by Crippen LogP contribution is -2.42. The summed E-state index contributed by atoms with van der Waals surface area (Å²) < 4.78 is 4.48. The number of nitrogens with zero attached hydrogens (tertiary/aromatic N) is 1. The lowest BCUT2D eigenvalue weighted by molar-refractivity contribution is -0.142. The smallest absolute Gasteiger partial charge is 0.331 e. The predicted octanol–water partition coefficient (Wildman–Crippen LogP) is -1.42. The molecule has 0 heterocycles. The SMILES string of the molecule is C=CC(=O)OCN(CO)C(=O)NCO. The predicted molar refractivity (Wildman–Crippen MR) is 45.7 cm³/mol. The molecule has 7 heteroatoms. The van der Waals surface area contributed by atoms with Crippen LogP contribution in [0, 0.1) is 0 Å². The van der Waals surface area contributed by atoms with Gasteiger partial charge in [0.2, 0.25) is 0 Å². The van der Waals surface area contributed by atoms with Crippen molar-refractivity contribution in [2.45, 2.75) is 0 Å². The van der Waals surface area contributed by atoms with Crippen molar-refractivity contribution in [2.24, 2.45) is 0 Å². The standard InChI is InChI=1S/C7H12N2O5/c1-2-6(12)14-5-9(4-11)7(13)8-3-10/h2,10-11H,1,3-5H2,(H,8,13). The van der Waals surface area contributed by atoms with Crippen molar-refractivity contribution < 1.29 is 24.5 Å².